The highest BCUT2D eigenvalue weighted by molar-refractivity contribution is 7.99. The summed E-state index contributed by atoms with van der Waals surface area (Å²) in [7, 11) is 1.92. The summed E-state index contributed by atoms with van der Waals surface area (Å²) >= 11 is 1.84. The van der Waals surface area contributed by atoms with Crippen molar-refractivity contribution in [2.75, 3.05) is 18.5 Å². The molecule has 0 saturated heterocycles. The van der Waals surface area contributed by atoms with Crippen LogP contribution in [0.25, 0.3) is 0 Å². The molecular formula is C12H17NOS. The van der Waals surface area contributed by atoms with Gasteiger partial charge in [0.2, 0.25) is 0 Å². The molecule has 15 heavy (non-hydrogen) atoms. The zero-order valence-electron chi connectivity index (χ0n) is 9.43. The van der Waals surface area contributed by atoms with Crippen LogP contribution in [0, 0.1) is 0 Å². The molecule has 0 spiro atoms. The molecule has 0 unspecified atom stereocenters. The van der Waals surface area contributed by atoms with Crippen LogP contribution in [0.4, 0.5) is 5.69 Å². The zero-order chi connectivity index (χ0) is 11.3. The highest BCUT2D eigenvalue weighted by Gasteiger charge is 2.01. The number of thioether (sulfide) groups is 1. The molecule has 0 aliphatic rings. The first-order valence-electron chi connectivity index (χ1n) is 5.05. The minimum atomic E-state index is 0.441. The monoisotopic (exact) mass is 223 g/mol. The standard InChI is InChI=1S/C12H17NOS/c1-10(2)15-12-6-4-11(5-7-12)13(3)8-9-14/h4-7,9-10H,8H2,1-3H3. The molecule has 0 amide bonds. The van der Waals surface area contributed by atoms with Gasteiger partial charge in [-0.15, -0.1) is 11.8 Å². The molecule has 1 aromatic rings. The number of nitrogens with zero attached hydrogens (tertiary/aromatic N) is 1. The summed E-state index contributed by atoms with van der Waals surface area (Å²) < 4.78 is 0. The summed E-state index contributed by atoms with van der Waals surface area (Å²) in [6, 6.07) is 8.30. The number of likely N-dealkylation sites (N-methyl/N-ethyl adjacent to an activating group) is 1. The third kappa shape index (κ3) is 3.96. The molecule has 0 aromatic heterocycles. The lowest BCUT2D eigenvalue weighted by Gasteiger charge is -2.16. The van der Waals surface area contributed by atoms with E-state index in [9.17, 15) is 4.79 Å². The van der Waals surface area contributed by atoms with E-state index in [4.69, 9.17) is 0 Å². The molecule has 2 nitrogen and oxygen atoms in total. The van der Waals surface area contributed by atoms with Crippen molar-refractivity contribution in [2.24, 2.45) is 0 Å². The molecule has 0 N–H and O–H groups in total. The number of hydrogen-bond acceptors (Lipinski definition) is 3. The number of benzene rings is 1. The molecular weight excluding hydrogens is 206 g/mol. The van der Waals surface area contributed by atoms with Crippen molar-refractivity contribution < 1.29 is 4.79 Å². The molecule has 0 atom stereocenters. The van der Waals surface area contributed by atoms with Crippen molar-refractivity contribution in [3.63, 3.8) is 0 Å². The Balaban J connectivity index is 2.67. The van der Waals surface area contributed by atoms with Crippen LogP contribution in [0.3, 0.4) is 0 Å². The normalized spacial score (nSPS) is 10.4. The van der Waals surface area contributed by atoms with E-state index in [2.05, 4.69) is 26.0 Å². The topological polar surface area (TPSA) is 20.3 Å². The molecule has 82 valence electrons. The fourth-order valence-corrected chi connectivity index (χ4v) is 2.11. The van der Waals surface area contributed by atoms with Gasteiger partial charge >= 0.3 is 0 Å². The summed E-state index contributed by atoms with van der Waals surface area (Å²) in [5, 5.41) is 0.601. The Morgan fingerprint density at radius 1 is 1.33 bits per heavy atom. The van der Waals surface area contributed by atoms with Crippen molar-refractivity contribution in [1.82, 2.24) is 0 Å². The third-order valence-electron chi connectivity index (χ3n) is 2.00. The summed E-state index contributed by atoms with van der Waals surface area (Å²) in [4.78, 5) is 13.6. The van der Waals surface area contributed by atoms with E-state index in [0.29, 0.717) is 11.8 Å². The highest BCUT2D eigenvalue weighted by Crippen LogP contribution is 2.24. The van der Waals surface area contributed by atoms with Crippen molar-refractivity contribution in [1.29, 1.82) is 0 Å². The predicted molar refractivity (Wildman–Crippen MR) is 66.8 cm³/mol. The van der Waals surface area contributed by atoms with E-state index in [0.717, 1.165) is 12.0 Å². The second-order valence-corrected chi connectivity index (χ2v) is 5.36. The van der Waals surface area contributed by atoms with Crippen LogP contribution >= 0.6 is 11.8 Å². The van der Waals surface area contributed by atoms with Crippen molar-refractivity contribution in [3.05, 3.63) is 24.3 Å². The van der Waals surface area contributed by atoms with Gasteiger partial charge in [-0.2, -0.15) is 0 Å². The van der Waals surface area contributed by atoms with E-state index < -0.39 is 0 Å². The maximum atomic E-state index is 10.4. The van der Waals surface area contributed by atoms with Gasteiger partial charge in [0.15, 0.2) is 0 Å². The van der Waals surface area contributed by atoms with Gasteiger partial charge in [-0.25, -0.2) is 0 Å². The van der Waals surface area contributed by atoms with Gasteiger partial charge in [0.05, 0.1) is 6.54 Å². The quantitative estimate of drug-likeness (QED) is 0.565. The van der Waals surface area contributed by atoms with Gasteiger partial charge in [0.25, 0.3) is 0 Å². The third-order valence-corrected chi connectivity index (χ3v) is 3.01. The molecule has 0 saturated carbocycles. The molecule has 3 heteroatoms. The highest BCUT2D eigenvalue weighted by atomic mass is 32.2. The van der Waals surface area contributed by atoms with Crippen molar-refractivity contribution >= 4 is 23.7 Å². The average molecular weight is 223 g/mol. The molecule has 0 heterocycles. The van der Waals surface area contributed by atoms with E-state index in [1.807, 2.05) is 35.8 Å². The lowest BCUT2D eigenvalue weighted by Crippen LogP contribution is -2.18. The Morgan fingerprint density at radius 3 is 2.40 bits per heavy atom. The van der Waals surface area contributed by atoms with Crippen molar-refractivity contribution in [3.8, 4) is 0 Å². The molecule has 1 rings (SSSR count). The maximum Gasteiger partial charge on any atom is 0.139 e. The number of carbonyl (C=O) groups excluding carboxylic acids is 1. The van der Waals surface area contributed by atoms with Gasteiger partial charge in [0, 0.05) is 22.9 Å². The Hall–Kier alpha value is -0.960. The Morgan fingerprint density at radius 2 is 1.93 bits per heavy atom. The molecule has 1 aromatic carbocycles. The van der Waals surface area contributed by atoms with E-state index in [-0.39, 0.29) is 0 Å². The fraction of sp³-hybridized carbons (Fsp3) is 0.417. The molecule has 0 aliphatic heterocycles. The predicted octanol–water partition coefficient (Wildman–Crippen LogP) is 2.82. The number of rotatable bonds is 5. The first-order chi connectivity index (χ1) is 7.13. The molecule has 0 bridgehead atoms. The van der Waals surface area contributed by atoms with Crippen LogP contribution in [0.1, 0.15) is 13.8 Å². The van der Waals surface area contributed by atoms with Gasteiger partial charge in [-0.3, -0.25) is 0 Å². The second kappa shape index (κ2) is 5.81. The number of aldehydes is 1. The Bertz CT molecular complexity index is 308. The number of anilines is 1. The van der Waals surface area contributed by atoms with E-state index >= 15 is 0 Å². The lowest BCUT2D eigenvalue weighted by molar-refractivity contribution is -0.106. The maximum absolute atomic E-state index is 10.4. The van der Waals surface area contributed by atoms with Gasteiger partial charge in [-0.1, -0.05) is 13.8 Å². The largest absolute Gasteiger partial charge is 0.368 e. The van der Waals surface area contributed by atoms with Gasteiger partial charge < -0.3 is 9.69 Å². The average Bonchev–Trinajstić information content (AvgIpc) is 2.18. The van der Waals surface area contributed by atoms with Crippen LogP contribution in [-0.2, 0) is 4.79 Å². The van der Waals surface area contributed by atoms with E-state index in [1.54, 1.807) is 0 Å². The summed E-state index contributed by atoms with van der Waals surface area (Å²) in [5.74, 6) is 0. The summed E-state index contributed by atoms with van der Waals surface area (Å²) in [6.45, 7) is 4.80. The summed E-state index contributed by atoms with van der Waals surface area (Å²) in [5.41, 5.74) is 1.08. The van der Waals surface area contributed by atoms with Gasteiger partial charge in [0.1, 0.15) is 6.29 Å². The van der Waals surface area contributed by atoms with Crippen LogP contribution < -0.4 is 4.90 Å². The molecule has 0 radical (unpaired) electrons. The number of carbonyl (C=O) groups is 1. The Kier molecular flexibility index (Phi) is 4.69. The smallest absolute Gasteiger partial charge is 0.139 e. The first-order valence-corrected chi connectivity index (χ1v) is 5.93. The SMILES string of the molecule is CC(C)Sc1ccc(N(C)CC=O)cc1. The lowest BCUT2D eigenvalue weighted by atomic mass is 10.3. The molecule has 0 fully saturated rings. The van der Waals surface area contributed by atoms with E-state index in [1.165, 1.54) is 4.90 Å². The van der Waals surface area contributed by atoms with Crippen LogP contribution in [0.15, 0.2) is 29.2 Å². The van der Waals surface area contributed by atoms with Crippen LogP contribution in [0.2, 0.25) is 0 Å². The Labute approximate surface area is 95.7 Å². The zero-order valence-corrected chi connectivity index (χ0v) is 10.3. The first kappa shape index (κ1) is 12.1. The molecule has 0 aliphatic carbocycles. The fourth-order valence-electron chi connectivity index (χ4n) is 1.27. The second-order valence-electron chi connectivity index (χ2n) is 3.71. The van der Waals surface area contributed by atoms with Gasteiger partial charge in [-0.05, 0) is 24.3 Å². The van der Waals surface area contributed by atoms with Crippen LogP contribution in [-0.4, -0.2) is 25.1 Å². The number of hydrogen-bond donors (Lipinski definition) is 0. The van der Waals surface area contributed by atoms with Crippen molar-refractivity contribution in [2.45, 2.75) is 24.0 Å². The van der Waals surface area contributed by atoms with Crippen LogP contribution in [0.5, 0.6) is 0 Å². The summed E-state index contributed by atoms with van der Waals surface area (Å²) in [6.07, 6.45) is 0.913. The minimum absolute atomic E-state index is 0.441. The minimum Gasteiger partial charge on any atom is -0.368 e.